The molecule has 3 nitrogen and oxygen atoms in total. The van der Waals surface area contributed by atoms with Crippen molar-refractivity contribution in [2.45, 2.75) is 25.9 Å². The third-order valence-corrected chi connectivity index (χ3v) is 3.27. The van der Waals surface area contributed by atoms with Gasteiger partial charge in [0.25, 0.3) is 0 Å². The maximum Gasteiger partial charge on any atom is 0.0963 e. The summed E-state index contributed by atoms with van der Waals surface area (Å²) in [6.07, 6.45) is 3.66. The molecule has 0 spiro atoms. The van der Waals surface area contributed by atoms with Crippen LogP contribution in [0.5, 0.6) is 0 Å². The molecular formula is C11H13NO2S. The Balaban J connectivity index is 2.18. The van der Waals surface area contributed by atoms with Gasteiger partial charge < -0.3 is 9.52 Å². The maximum atomic E-state index is 10.2. The molecule has 1 atom stereocenters. The van der Waals surface area contributed by atoms with Gasteiger partial charge in [0.05, 0.1) is 23.1 Å². The van der Waals surface area contributed by atoms with Crippen molar-refractivity contribution in [1.82, 2.24) is 4.98 Å². The lowest BCUT2D eigenvalue weighted by Crippen LogP contribution is -2.23. The first kappa shape index (κ1) is 10.4. The van der Waals surface area contributed by atoms with Gasteiger partial charge in [-0.3, -0.25) is 0 Å². The van der Waals surface area contributed by atoms with Crippen molar-refractivity contribution in [3.8, 4) is 0 Å². The van der Waals surface area contributed by atoms with E-state index in [9.17, 15) is 5.11 Å². The molecule has 2 heterocycles. The van der Waals surface area contributed by atoms with Crippen LogP contribution in [0, 0.1) is 6.92 Å². The molecule has 0 bridgehead atoms. The molecule has 0 aliphatic heterocycles. The quantitative estimate of drug-likeness (QED) is 0.869. The van der Waals surface area contributed by atoms with Crippen LogP contribution in [0.3, 0.4) is 0 Å². The number of furan rings is 1. The Hall–Kier alpha value is -1.13. The van der Waals surface area contributed by atoms with E-state index >= 15 is 0 Å². The molecule has 80 valence electrons. The largest absolute Gasteiger partial charge is 0.472 e. The third kappa shape index (κ3) is 2.27. The number of nitrogens with zero attached hydrogens (tertiary/aromatic N) is 1. The number of aromatic nitrogens is 1. The second kappa shape index (κ2) is 3.79. The van der Waals surface area contributed by atoms with Crippen LogP contribution in [0.1, 0.15) is 23.2 Å². The van der Waals surface area contributed by atoms with Gasteiger partial charge in [-0.2, -0.15) is 0 Å². The van der Waals surface area contributed by atoms with Crippen LogP contribution in [0.2, 0.25) is 0 Å². The van der Waals surface area contributed by atoms with E-state index < -0.39 is 5.60 Å². The highest BCUT2D eigenvalue weighted by Crippen LogP contribution is 2.26. The van der Waals surface area contributed by atoms with Gasteiger partial charge in [-0.15, -0.1) is 11.3 Å². The Morgan fingerprint density at radius 3 is 2.93 bits per heavy atom. The maximum absolute atomic E-state index is 10.2. The first-order chi connectivity index (χ1) is 7.08. The summed E-state index contributed by atoms with van der Waals surface area (Å²) in [7, 11) is 0. The number of aryl methyl sites for hydroxylation is 1. The highest BCUT2D eigenvalue weighted by Gasteiger charge is 2.25. The number of hydrogen-bond acceptors (Lipinski definition) is 4. The van der Waals surface area contributed by atoms with E-state index in [0.29, 0.717) is 6.42 Å². The van der Waals surface area contributed by atoms with Crippen LogP contribution in [0.15, 0.2) is 28.4 Å². The number of hydrogen-bond donors (Lipinski definition) is 1. The highest BCUT2D eigenvalue weighted by molar-refractivity contribution is 7.09. The van der Waals surface area contributed by atoms with Crippen LogP contribution in [-0.4, -0.2) is 10.1 Å². The molecule has 0 aliphatic carbocycles. The normalized spacial score (nSPS) is 15.1. The van der Waals surface area contributed by atoms with Crippen molar-refractivity contribution in [3.05, 3.63) is 40.2 Å². The lowest BCUT2D eigenvalue weighted by molar-refractivity contribution is 0.0569. The lowest BCUT2D eigenvalue weighted by atomic mass is 9.96. The molecule has 0 saturated carbocycles. The summed E-state index contributed by atoms with van der Waals surface area (Å²) in [5.41, 5.74) is 0.880. The average Bonchev–Trinajstić information content (AvgIpc) is 2.75. The molecule has 0 aromatic carbocycles. The molecule has 0 fully saturated rings. The van der Waals surface area contributed by atoms with Crippen molar-refractivity contribution in [2.75, 3.05) is 0 Å². The van der Waals surface area contributed by atoms with E-state index in [2.05, 4.69) is 4.98 Å². The summed E-state index contributed by atoms with van der Waals surface area (Å²) in [6.45, 7) is 3.72. The summed E-state index contributed by atoms with van der Waals surface area (Å²) in [5.74, 6) is 0. The molecule has 2 aromatic heterocycles. The Morgan fingerprint density at radius 1 is 1.60 bits per heavy atom. The fourth-order valence-electron chi connectivity index (χ4n) is 1.45. The summed E-state index contributed by atoms with van der Waals surface area (Å²) in [4.78, 5) is 4.33. The smallest absolute Gasteiger partial charge is 0.0963 e. The monoisotopic (exact) mass is 223 g/mol. The van der Waals surface area contributed by atoms with Crippen LogP contribution in [0.25, 0.3) is 0 Å². The predicted octanol–water partition coefficient (Wildman–Crippen LogP) is 2.49. The minimum atomic E-state index is -0.905. The Kier molecular flexibility index (Phi) is 2.63. The molecule has 0 radical (unpaired) electrons. The van der Waals surface area contributed by atoms with Crippen LogP contribution in [-0.2, 0) is 12.0 Å². The molecule has 15 heavy (non-hydrogen) atoms. The topological polar surface area (TPSA) is 46.3 Å². The van der Waals surface area contributed by atoms with Crippen molar-refractivity contribution < 1.29 is 9.52 Å². The van der Waals surface area contributed by atoms with Gasteiger partial charge in [0.15, 0.2) is 0 Å². The SMILES string of the molecule is Cc1csc(CC(C)(O)c2ccoc2)n1. The van der Waals surface area contributed by atoms with E-state index in [1.54, 1.807) is 36.9 Å². The Bertz CT molecular complexity index is 431. The van der Waals surface area contributed by atoms with E-state index in [0.717, 1.165) is 16.3 Å². The summed E-state index contributed by atoms with van der Waals surface area (Å²) < 4.78 is 4.97. The average molecular weight is 223 g/mol. The molecule has 2 aromatic rings. The standard InChI is InChI=1S/C11H13NO2S/c1-8-7-15-10(12-8)5-11(2,13)9-3-4-14-6-9/h3-4,6-7,13H,5H2,1-2H3. The Morgan fingerprint density at radius 2 is 2.40 bits per heavy atom. The van der Waals surface area contributed by atoms with Crippen LogP contribution >= 0.6 is 11.3 Å². The van der Waals surface area contributed by atoms with Crippen molar-refractivity contribution in [1.29, 1.82) is 0 Å². The first-order valence-electron chi connectivity index (χ1n) is 4.74. The van der Waals surface area contributed by atoms with Crippen LogP contribution in [0.4, 0.5) is 0 Å². The van der Waals surface area contributed by atoms with Crippen molar-refractivity contribution in [3.63, 3.8) is 0 Å². The van der Waals surface area contributed by atoms with Gasteiger partial charge in [-0.05, 0) is 19.9 Å². The molecule has 1 N–H and O–H groups in total. The van der Waals surface area contributed by atoms with Gasteiger partial charge in [-0.25, -0.2) is 4.98 Å². The Labute approximate surface area is 92.4 Å². The minimum Gasteiger partial charge on any atom is -0.472 e. The van der Waals surface area contributed by atoms with Gasteiger partial charge >= 0.3 is 0 Å². The second-order valence-electron chi connectivity index (χ2n) is 3.85. The van der Waals surface area contributed by atoms with Gasteiger partial charge in [0, 0.05) is 23.1 Å². The van der Waals surface area contributed by atoms with E-state index in [-0.39, 0.29) is 0 Å². The molecule has 2 rings (SSSR count). The summed E-state index contributed by atoms with van der Waals surface area (Å²) in [5, 5.41) is 13.2. The zero-order valence-electron chi connectivity index (χ0n) is 8.73. The zero-order chi connectivity index (χ0) is 10.9. The minimum absolute atomic E-state index is 0.519. The fraction of sp³-hybridized carbons (Fsp3) is 0.364. The number of aliphatic hydroxyl groups is 1. The van der Waals surface area contributed by atoms with Crippen molar-refractivity contribution in [2.24, 2.45) is 0 Å². The van der Waals surface area contributed by atoms with Gasteiger partial charge in [0.2, 0.25) is 0 Å². The van der Waals surface area contributed by atoms with E-state index in [1.165, 1.54) is 0 Å². The molecule has 0 amide bonds. The van der Waals surface area contributed by atoms with E-state index in [4.69, 9.17) is 4.42 Å². The molecule has 1 unspecified atom stereocenters. The third-order valence-electron chi connectivity index (χ3n) is 2.31. The highest BCUT2D eigenvalue weighted by atomic mass is 32.1. The van der Waals surface area contributed by atoms with Crippen molar-refractivity contribution >= 4 is 11.3 Å². The zero-order valence-corrected chi connectivity index (χ0v) is 9.54. The number of thiazole rings is 1. The first-order valence-corrected chi connectivity index (χ1v) is 5.62. The molecule has 0 saturated heterocycles. The van der Waals surface area contributed by atoms with Crippen LogP contribution < -0.4 is 0 Å². The molecule has 0 aliphatic rings. The van der Waals surface area contributed by atoms with Gasteiger partial charge in [-0.1, -0.05) is 0 Å². The summed E-state index contributed by atoms with van der Waals surface area (Å²) >= 11 is 1.57. The van der Waals surface area contributed by atoms with E-state index in [1.807, 2.05) is 12.3 Å². The predicted molar refractivity (Wildman–Crippen MR) is 58.8 cm³/mol. The molecular weight excluding hydrogens is 210 g/mol. The lowest BCUT2D eigenvalue weighted by Gasteiger charge is -2.20. The second-order valence-corrected chi connectivity index (χ2v) is 4.79. The molecule has 4 heteroatoms. The van der Waals surface area contributed by atoms with Gasteiger partial charge in [0.1, 0.15) is 0 Å². The number of rotatable bonds is 3. The summed E-state index contributed by atoms with van der Waals surface area (Å²) in [6, 6.07) is 1.78. The fourth-order valence-corrected chi connectivity index (χ4v) is 2.37.